The third kappa shape index (κ3) is 3.01. The summed E-state index contributed by atoms with van der Waals surface area (Å²) in [6.07, 6.45) is -2.56. The Morgan fingerprint density at radius 1 is 1.36 bits per heavy atom. The van der Waals surface area contributed by atoms with Gasteiger partial charge in [-0.2, -0.15) is 0 Å². The van der Waals surface area contributed by atoms with Gasteiger partial charge in [-0.15, -0.1) is 0 Å². The van der Waals surface area contributed by atoms with E-state index < -0.39 is 18.3 Å². The van der Waals surface area contributed by atoms with Gasteiger partial charge in [0.05, 0.1) is 6.04 Å². The molecule has 0 aromatic heterocycles. The summed E-state index contributed by atoms with van der Waals surface area (Å²) in [6.45, 7) is 0. The van der Waals surface area contributed by atoms with Gasteiger partial charge in [0.1, 0.15) is 5.82 Å². The molecule has 2 nitrogen and oxygen atoms in total. The van der Waals surface area contributed by atoms with Gasteiger partial charge in [-0.05, 0) is 24.1 Å². The van der Waals surface area contributed by atoms with Gasteiger partial charge in [0, 0.05) is 0 Å². The Morgan fingerprint density at radius 2 is 2.07 bits per heavy atom. The molecule has 1 unspecified atom stereocenters. The van der Waals surface area contributed by atoms with Crippen LogP contribution in [-0.4, -0.2) is 12.5 Å². The maximum Gasteiger partial charge on any atom is 0.255 e. The van der Waals surface area contributed by atoms with E-state index in [4.69, 9.17) is 5.84 Å². The van der Waals surface area contributed by atoms with E-state index >= 15 is 0 Å². The van der Waals surface area contributed by atoms with Gasteiger partial charge in [0.25, 0.3) is 6.43 Å². The highest BCUT2D eigenvalue weighted by Gasteiger charge is 2.18. The van der Waals surface area contributed by atoms with Crippen LogP contribution in [0.4, 0.5) is 13.2 Å². The van der Waals surface area contributed by atoms with Crippen molar-refractivity contribution in [3.63, 3.8) is 0 Å². The second-order valence-electron chi connectivity index (χ2n) is 2.94. The molecule has 78 valence electrons. The number of nitrogens with two attached hydrogens (primary N) is 1. The van der Waals surface area contributed by atoms with Crippen molar-refractivity contribution in [1.29, 1.82) is 0 Å². The zero-order valence-electron chi connectivity index (χ0n) is 7.38. The molecule has 1 rings (SSSR count). The number of hydrogen-bond donors (Lipinski definition) is 2. The molecule has 0 heterocycles. The Bertz CT molecular complexity index is 291. The smallest absolute Gasteiger partial charge is 0.255 e. The molecule has 0 aliphatic rings. The molecule has 1 aromatic rings. The van der Waals surface area contributed by atoms with Crippen molar-refractivity contribution >= 4 is 0 Å². The highest BCUT2D eigenvalue weighted by Crippen LogP contribution is 2.10. The van der Waals surface area contributed by atoms with E-state index in [1.165, 1.54) is 18.2 Å². The lowest BCUT2D eigenvalue weighted by Crippen LogP contribution is -2.42. The minimum absolute atomic E-state index is 0.00588. The van der Waals surface area contributed by atoms with Gasteiger partial charge in [0.15, 0.2) is 0 Å². The molecule has 0 saturated heterocycles. The number of hydrogen-bond acceptors (Lipinski definition) is 2. The van der Waals surface area contributed by atoms with Crippen LogP contribution in [0.3, 0.4) is 0 Å². The van der Waals surface area contributed by atoms with E-state index in [0.29, 0.717) is 5.56 Å². The molecule has 1 atom stereocenters. The fourth-order valence-electron chi connectivity index (χ4n) is 1.14. The number of rotatable bonds is 4. The SMILES string of the molecule is NNC(Cc1cccc(F)c1)C(F)F. The summed E-state index contributed by atoms with van der Waals surface area (Å²) < 4.78 is 37.2. The van der Waals surface area contributed by atoms with Gasteiger partial charge in [-0.25, -0.2) is 13.2 Å². The lowest BCUT2D eigenvalue weighted by molar-refractivity contribution is 0.0984. The molecule has 0 radical (unpaired) electrons. The summed E-state index contributed by atoms with van der Waals surface area (Å²) in [5.41, 5.74) is 2.49. The van der Waals surface area contributed by atoms with Crippen LogP contribution in [0.15, 0.2) is 24.3 Å². The Labute approximate surface area is 79.9 Å². The van der Waals surface area contributed by atoms with Gasteiger partial charge in [0.2, 0.25) is 0 Å². The standard InChI is InChI=1S/C9H11F3N2/c10-7-3-1-2-6(4-7)5-8(14-13)9(11)12/h1-4,8-9,14H,5,13H2. The molecule has 0 saturated carbocycles. The van der Waals surface area contributed by atoms with Gasteiger partial charge < -0.3 is 0 Å². The molecular weight excluding hydrogens is 193 g/mol. The molecule has 3 N–H and O–H groups in total. The average Bonchev–Trinajstić information content (AvgIpc) is 2.14. The van der Waals surface area contributed by atoms with Crippen molar-refractivity contribution in [2.45, 2.75) is 18.9 Å². The largest absolute Gasteiger partial charge is 0.271 e. The summed E-state index contributed by atoms with van der Waals surface area (Å²) in [7, 11) is 0. The minimum Gasteiger partial charge on any atom is -0.271 e. The zero-order chi connectivity index (χ0) is 10.6. The summed E-state index contributed by atoms with van der Waals surface area (Å²) in [4.78, 5) is 0. The Balaban J connectivity index is 2.67. The van der Waals surface area contributed by atoms with Crippen molar-refractivity contribution in [3.8, 4) is 0 Å². The molecule has 5 heteroatoms. The minimum atomic E-state index is -2.57. The van der Waals surface area contributed by atoms with Crippen LogP contribution in [0.5, 0.6) is 0 Å². The predicted molar refractivity (Wildman–Crippen MR) is 47.2 cm³/mol. The van der Waals surface area contributed by atoms with E-state index in [-0.39, 0.29) is 6.42 Å². The maximum atomic E-state index is 12.7. The van der Waals surface area contributed by atoms with Crippen molar-refractivity contribution in [3.05, 3.63) is 35.6 Å². The molecule has 14 heavy (non-hydrogen) atoms. The van der Waals surface area contributed by atoms with E-state index in [1.54, 1.807) is 6.07 Å². The Morgan fingerprint density at radius 3 is 2.57 bits per heavy atom. The summed E-state index contributed by atoms with van der Waals surface area (Å²) in [6, 6.07) is 4.39. The molecule has 0 aliphatic heterocycles. The number of halogens is 3. The molecule has 0 fully saturated rings. The van der Waals surface area contributed by atoms with Crippen molar-refractivity contribution < 1.29 is 13.2 Å². The topological polar surface area (TPSA) is 38.0 Å². The molecule has 0 bridgehead atoms. The van der Waals surface area contributed by atoms with Crippen LogP contribution in [0.25, 0.3) is 0 Å². The Hall–Kier alpha value is -1.07. The van der Waals surface area contributed by atoms with Crippen molar-refractivity contribution in [2.24, 2.45) is 5.84 Å². The molecule has 1 aromatic carbocycles. The Kier molecular flexibility index (Phi) is 3.91. The molecule has 0 amide bonds. The monoisotopic (exact) mass is 204 g/mol. The second-order valence-corrected chi connectivity index (χ2v) is 2.94. The van der Waals surface area contributed by atoms with E-state index in [9.17, 15) is 13.2 Å². The first-order valence-electron chi connectivity index (χ1n) is 4.12. The summed E-state index contributed by atoms with van der Waals surface area (Å²) in [5, 5.41) is 0. The number of alkyl halides is 2. The lowest BCUT2D eigenvalue weighted by Gasteiger charge is -2.14. The van der Waals surface area contributed by atoms with Gasteiger partial charge in [-0.3, -0.25) is 11.3 Å². The molecular formula is C9H11F3N2. The maximum absolute atomic E-state index is 12.7. The molecule has 0 aliphatic carbocycles. The number of benzene rings is 1. The van der Waals surface area contributed by atoms with Crippen LogP contribution in [-0.2, 0) is 6.42 Å². The van der Waals surface area contributed by atoms with Crippen LogP contribution < -0.4 is 11.3 Å². The third-order valence-corrected chi connectivity index (χ3v) is 1.86. The van der Waals surface area contributed by atoms with E-state index in [1.807, 2.05) is 5.43 Å². The van der Waals surface area contributed by atoms with Crippen molar-refractivity contribution in [1.82, 2.24) is 5.43 Å². The van der Waals surface area contributed by atoms with Crippen LogP contribution in [0.2, 0.25) is 0 Å². The van der Waals surface area contributed by atoms with Crippen LogP contribution in [0, 0.1) is 5.82 Å². The van der Waals surface area contributed by atoms with Crippen molar-refractivity contribution in [2.75, 3.05) is 0 Å². The lowest BCUT2D eigenvalue weighted by atomic mass is 10.1. The highest BCUT2D eigenvalue weighted by atomic mass is 19.3. The number of hydrazine groups is 1. The van der Waals surface area contributed by atoms with Crippen LogP contribution >= 0.6 is 0 Å². The first-order chi connectivity index (χ1) is 6.63. The van der Waals surface area contributed by atoms with E-state index in [2.05, 4.69) is 0 Å². The number of nitrogens with one attached hydrogen (secondary N) is 1. The quantitative estimate of drug-likeness (QED) is 0.575. The first-order valence-corrected chi connectivity index (χ1v) is 4.12. The third-order valence-electron chi connectivity index (χ3n) is 1.86. The average molecular weight is 204 g/mol. The zero-order valence-corrected chi connectivity index (χ0v) is 7.38. The first kappa shape index (κ1) is 11.0. The summed E-state index contributed by atoms with van der Waals surface area (Å²) in [5.74, 6) is 4.50. The van der Waals surface area contributed by atoms with E-state index in [0.717, 1.165) is 0 Å². The van der Waals surface area contributed by atoms with Crippen LogP contribution in [0.1, 0.15) is 5.56 Å². The second kappa shape index (κ2) is 4.97. The van der Waals surface area contributed by atoms with Gasteiger partial charge >= 0.3 is 0 Å². The molecule has 0 spiro atoms. The predicted octanol–water partition coefficient (Wildman–Crippen LogP) is 1.47. The normalized spacial score (nSPS) is 13.2. The van der Waals surface area contributed by atoms with Gasteiger partial charge in [-0.1, -0.05) is 12.1 Å². The summed E-state index contributed by atoms with van der Waals surface area (Å²) >= 11 is 0. The highest BCUT2D eigenvalue weighted by molar-refractivity contribution is 5.17. The fourth-order valence-corrected chi connectivity index (χ4v) is 1.14. The fraction of sp³-hybridized carbons (Fsp3) is 0.333.